The Morgan fingerprint density at radius 3 is 2.53 bits per heavy atom. The van der Waals surface area contributed by atoms with Gasteiger partial charge in [-0.05, 0) is 17.7 Å². The summed E-state index contributed by atoms with van der Waals surface area (Å²) in [4.78, 5) is 12.9. The predicted molar refractivity (Wildman–Crippen MR) is 69.2 cm³/mol. The molecule has 0 bridgehead atoms. The zero-order chi connectivity index (χ0) is 12.3. The summed E-state index contributed by atoms with van der Waals surface area (Å²) in [6.07, 6.45) is 0. The first-order chi connectivity index (χ1) is 8.22. The lowest BCUT2D eigenvalue weighted by Crippen LogP contribution is -2.19. The number of hydrogen-bond donors (Lipinski definition) is 2. The Bertz CT molecular complexity index is 507. The molecular formula is C13H13NO2S. The van der Waals surface area contributed by atoms with E-state index in [2.05, 4.69) is 0 Å². The Hall–Kier alpha value is -1.65. The minimum absolute atomic E-state index is 0.129. The van der Waals surface area contributed by atoms with Gasteiger partial charge in [0.1, 0.15) is 5.92 Å². The lowest BCUT2D eigenvalue weighted by atomic mass is 10.1. The van der Waals surface area contributed by atoms with Crippen molar-refractivity contribution >= 4 is 17.3 Å². The largest absolute Gasteiger partial charge is 0.481 e. The van der Waals surface area contributed by atoms with Crippen molar-refractivity contribution in [2.75, 3.05) is 6.54 Å². The van der Waals surface area contributed by atoms with Crippen LogP contribution in [0.15, 0.2) is 42.5 Å². The first-order valence-electron chi connectivity index (χ1n) is 5.30. The fourth-order valence-electron chi connectivity index (χ4n) is 1.64. The normalized spacial score (nSPS) is 12.3. The van der Waals surface area contributed by atoms with E-state index >= 15 is 0 Å². The van der Waals surface area contributed by atoms with E-state index in [0.29, 0.717) is 0 Å². The van der Waals surface area contributed by atoms with Crippen molar-refractivity contribution < 1.29 is 9.90 Å². The molecule has 1 atom stereocenters. The number of rotatable bonds is 4. The van der Waals surface area contributed by atoms with Gasteiger partial charge in [0, 0.05) is 16.3 Å². The molecule has 2 rings (SSSR count). The summed E-state index contributed by atoms with van der Waals surface area (Å²) in [7, 11) is 0. The lowest BCUT2D eigenvalue weighted by Gasteiger charge is -2.05. The van der Waals surface area contributed by atoms with Crippen LogP contribution in [0.3, 0.4) is 0 Å². The Balaban J connectivity index is 2.30. The number of aliphatic carboxylic acids is 1. The van der Waals surface area contributed by atoms with Crippen LogP contribution in [-0.4, -0.2) is 17.6 Å². The van der Waals surface area contributed by atoms with Crippen LogP contribution >= 0.6 is 11.3 Å². The number of carbonyl (C=O) groups is 1. The molecule has 17 heavy (non-hydrogen) atoms. The molecule has 1 heterocycles. The lowest BCUT2D eigenvalue weighted by molar-refractivity contribution is -0.138. The van der Waals surface area contributed by atoms with E-state index in [1.165, 1.54) is 11.3 Å². The molecule has 1 aromatic heterocycles. The van der Waals surface area contributed by atoms with Crippen molar-refractivity contribution in [1.82, 2.24) is 0 Å². The number of carboxylic acid groups (broad SMARTS) is 1. The first kappa shape index (κ1) is 11.8. The molecule has 0 radical (unpaired) electrons. The van der Waals surface area contributed by atoms with Gasteiger partial charge < -0.3 is 10.8 Å². The molecule has 0 aliphatic heterocycles. The monoisotopic (exact) mass is 247 g/mol. The molecular weight excluding hydrogens is 234 g/mol. The molecule has 0 amide bonds. The Morgan fingerprint density at radius 1 is 1.24 bits per heavy atom. The van der Waals surface area contributed by atoms with Crippen molar-refractivity contribution in [3.05, 3.63) is 47.3 Å². The number of thiophene rings is 1. The van der Waals surface area contributed by atoms with Crippen LogP contribution in [0.25, 0.3) is 10.4 Å². The highest BCUT2D eigenvalue weighted by Crippen LogP contribution is 2.31. The van der Waals surface area contributed by atoms with Gasteiger partial charge in [-0.1, -0.05) is 30.3 Å². The Labute approximate surface area is 104 Å². The first-order valence-corrected chi connectivity index (χ1v) is 6.12. The maximum Gasteiger partial charge on any atom is 0.313 e. The number of hydrogen-bond acceptors (Lipinski definition) is 3. The SMILES string of the molecule is NCC(C(=O)O)c1ccc(-c2ccccc2)s1. The van der Waals surface area contributed by atoms with Gasteiger partial charge >= 0.3 is 5.97 Å². The van der Waals surface area contributed by atoms with Gasteiger partial charge in [0.2, 0.25) is 0 Å². The van der Waals surface area contributed by atoms with E-state index < -0.39 is 11.9 Å². The molecule has 1 aromatic carbocycles. The van der Waals surface area contributed by atoms with Crippen LogP contribution in [0.4, 0.5) is 0 Å². The van der Waals surface area contributed by atoms with Gasteiger partial charge in [-0.2, -0.15) is 0 Å². The van der Waals surface area contributed by atoms with E-state index in [0.717, 1.165) is 15.3 Å². The third-order valence-electron chi connectivity index (χ3n) is 2.56. The highest BCUT2D eigenvalue weighted by molar-refractivity contribution is 7.15. The van der Waals surface area contributed by atoms with Crippen LogP contribution < -0.4 is 5.73 Å². The molecule has 0 aliphatic rings. The standard InChI is InChI=1S/C13H13NO2S/c14-8-10(13(15)16)12-7-6-11(17-12)9-4-2-1-3-5-9/h1-7,10H,8,14H2,(H,15,16). The second-order valence-corrected chi connectivity index (χ2v) is 4.81. The minimum atomic E-state index is -0.867. The van der Waals surface area contributed by atoms with Gasteiger partial charge in [-0.3, -0.25) is 4.79 Å². The second-order valence-electron chi connectivity index (χ2n) is 3.69. The fraction of sp³-hybridized carbons (Fsp3) is 0.154. The summed E-state index contributed by atoms with van der Waals surface area (Å²) in [5.74, 6) is -1.47. The smallest absolute Gasteiger partial charge is 0.313 e. The summed E-state index contributed by atoms with van der Waals surface area (Å²) >= 11 is 1.49. The Morgan fingerprint density at radius 2 is 1.94 bits per heavy atom. The molecule has 0 fully saturated rings. The Kier molecular flexibility index (Phi) is 3.56. The summed E-state index contributed by atoms with van der Waals surface area (Å²) in [6.45, 7) is 0.129. The molecule has 2 aromatic rings. The quantitative estimate of drug-likeness (QED) is 0.872. The maximum absolute atomic E-state index is 11.0. The van der Waals surface area contributed by atoms with Gasteiger partial charge in [0.25, 0.3) is 0 Å². The molecule has 1 unspecified atom stereocenters. The van der Waals surface area contributed by atoms with Gasteiger partial charge in [-0.25, -0.2) is 0 Å². The zero-order valence-electron chi connectivity index (χ0n) is 9.17. The topological polar surface area (TPSA) is 63.3 Å². The molecule has 88 valence electrons. The van der Waals surface area contributed by atoms with E-state index in [1.54, 1.807) is 0 Å². The van der Waals surface area contributed by atoms with Crippen LogP contribution in [0, 0.1) is 0 Å². The molecule has 3 nitrogen and oxygen atoms in total. The van der Waals surface area contributed by atoms with Crippen molar-refractivity contribution in [2.45, 2.75) is 5.92 Å². The third-order valence-corrected chi connectivity index (χ3v) is 3.81. The van der Waals surface area contributed by atoms with E-state index in [1.807, 2.05) is 42.5 Å². The van der Waals surface area contributed by atoms with Crippen LogP contribution in [0.1, 0.15) is 10.8 Å². The van der Waals surface area contributed by atoms with Gasteiger partial charge in [0.05, 0.1) is 0 Å². The summed E-state index contributed by atoms with van der Waals surface area (Å²) in [6, 6.07) is 13.7. The van der Waals surface area contributed by atoms with Crippen LogP contribution in [-0.2, 0) is 4.79 Å². The predicted octanol–water partition coefficient (Wildman–Crippen LogP) is 2.54. The average Bonchev–Trinajstić information content (AvgIpc) is 2.80. The fourth-order valence-corrected chi connectivity index (χ4v) is 2.76. The summed E-state index contributed by atoms with van der Waals surface area (Å²) < 4.78 is 0. The number of nitrogens with two attached hydrogens (primary N) is 1. The highest BCUT2D eigenvalue weighted by Gasteiger charge is 2.19. The van der Waals surface area contributed by atoms with Crippen molar-refractivity contribution in [3.63, 3.8) is 0 Å². The molecule has 3 N–H and O–H groups in total. The molecule has 0 aliphatic carbocycles. The highest BCUT2D eigenvalue weighted by atomic mass is 32.1. The van der Waals surface area contributed by atoms with Crippen molar-refractivity contribution in [2.24, 2.45) is 5.73 Å². The van der Waals surface area contributed by atoms with Gasteiger partial charge in [-0.15, -0.1) is 11.3 Å². The van der Waals surface area contributed by atoms with Gasteiger partial charge in [0.15, 0.2) is 0 Å². The van der Waals surface area contributed by atoms with Crippen molar-refractivity contribution in [3.8, 4) is 10.4 Å². The van der Waals surface area contributed by atoms with E-state index in [9.17, 15) is 4.79 Å². The summed E-state index contributed by atoms with van der Waals surface area (Å²) in [5.41, 5.74) is 6.58. The third kappa shape index (κ3) is 2.54. The van der Waals surface area contributed by atoms with Crippen LogP contribution in [0.2, 0.25) is 0 Å². The van der Waals surface area contributed by atoms with E-state index in [-0.39, 0.29) is 6.54 Å². The maximum atomic E-state index is 11.0. The van der Waals surface area contributed by atoms with Crippen LogP contribution in [0.5, 0.6) is 0 Å². The molecule has 0 spiro atoms. The summed E-state index contributed by atoms with van der Waals surface area (Å²) in [5, 5.41) is 9.03. The average molecular weight is 247 g/mol. The zero-order valence-corrected chi connectivity index (χ0v) is 9.98. The minimum Gasteiger partial charge on any atom is -0.481 e. The molecule has 0 saturated heterocycles. The van der Waals surface area contributed by atoms with E-state index in [4.69, 9.17) is 10.8 Å². The molecule has 4 heteroatoms. The number of carboxylic acids is 1. The van der Waals surface area contributed by atoms with Crippen molar-refractivity contribution in [1.29, 1.82) is 0 Å². The molecule has 0 saturated carbocycles. The number of benzene rings is 1. The second kappa shape index (κ2) is 5.12.